The van der Waals surface area contributed by atoms with Gasteiger partial charge in [-0.1, -0.05) is 12.1 Å². The SMILES string of the molecule is C/C(=N\NC(=O)COc1ccccc1O)c1ccc([N+](=O)[O-])cc1. The van der Waals surface area contributed by atoms with Gasteiger partial charge in [-0.05, 0) is 36.8 Å². The van der Waals surface area contributed by atoms with Crippen molar-refractivity contribution in [2.45, 2.75) is 6.92 Å². The molecule has 0 aliphatic rings. The number of hydrogen-bond donors (Lipinski definition) is 2. The zero-order valence-corrected chi connectivity index (χ0v) is 12.8. The topological polar surface area (TPSA) is 114 Å². The number of amides is 1. The van der Waals surface area contributed by atoms with Gasteiger partial charge in [0.25, 0.3) is 11.6 Å². The number of benzene rings is 2. The zero-order chi connectivity index (χ0) is 17.5. The highest BCUT2D eigenvalue weighted by Gasteiger charge is 2.07. The molecule has 0 fully saturated rings. The Labute approximate surface area is 137 Å². The van der Waals surface area contributed by atoms with Crippen LogP contribution < -0.4 is 10.2 Å². The van der Waals surface area contributed by atoms with Crippen LogP contribution in [0.1, 0.15) is 12.5 Å². The standard InChI is InChI=1S/C16H15N3O5/c1-11(12-6-8-13(9-7-12)19(22)23)17-18-16(21)10-24-15-5-3-2-4-14(15)20/h2-9,20H,10H2,1H3,(H,18,21)/b17-11+. The molecule has 2 N–H and O–H groups in total. The van der Waals surface area contributed by atoms with Crippen LogP contribution in [0.3, 0.4) is 0 Å². The Bertz CT molecular complexity index is 772. The normalized spacial score (nSPS) is 11.0. The van der Waals surface area contributed by atoms with E-state index in [4.69, 9.17) is 4.74 Å². The highest BCUT2D eigenvalue weighted by Crippen LogP contribution is 2.23. The molecule has 2 aromatic rings. The Kier molecular flexibility index (Phi) is 5.45. The van der Waals surface area contributed by atoms with Crippen molar-refractivity contribution in [2.75, 3.05) is 6.61 Å². The number of para-hydroxylation sites is 2. The fraction of sp³-hybridized carbons (Fsp3) is 0.125. The summed E-state index contributed by atoms with van der Waals surface area (Å²) in [5.74, 6) is -0.362. The lowest BCUT2D eigenvalue weighted by atomic mass is 10.1. The molecule has 0 atom stereocenters. The third-order valence-electron chi connectivity index (χ3n) is 3.07. The van der Waals surface area contributed by atoms with Crippen LogP contribution in [0.15, 0.2) is 53.6 Å². The summed E-state index contributed by atoms with van der Waals surface area (Å²) in [7, 11) is 0. The van der Waals surface area contributed by atoms with Crippen LogP contribution in [0.25, 0.3) is 0 Å². The smallest absolute Gasteiger partial charge is 0.277 e. The van der Waals surface area contributed by atoms with E-state index in [9.17, 15) is 20.0 Å². The Morgan fingerprint density at radius 1 is 1.25 bits per heavy atom. The number of rotatable bonds is 6. The van der Waals surface area contributed by atoms with Crippen molar-refractivity contribution in [2.24, 2.45) is 5.10 Å². The molecule has 0 aliphatic carbocycles. The van der Waals surface area contributed by atoms with E-state index in [1.165, 1.54) is 24.3 Å². The van der Waals surface area contributed by atoms with Gasteiger partial charge in [0, 0.05) is 12.1 Å². The zero-order valence-electron chi connectivity index (χ0n) is 12.8. The molecule has 24 heavy (non-hydrogen) atoms. The average molecular weight is 329 g/mol. The number of nitrogens with zero attached hydrogens (tertiary/aromatic N) is 2. The van der Waals surface area contributed by atoms with E-state index in [0.717, 1.165) is 0 Å². The first kappa shape index (κ1) is 16.9. The van der Waals surface area contributed by atoms with Crippen molar-refractivity contribution in [3.63, 3.8) is 0 Å². The second-order valence-electron chi connectivity index (χ2n) is 4.79. The molecule has 0 aromatic heterocycles. The number of phenolic OH excluding ortho intramolecular Hbond substituents is 1. The number of nitro groups is 1. The molecule has 2 aromatic carbocycles. The minimum Gasteiger partial charge on any atom is -0.504 e. The summed E-state index contributed by atoms with van der Waals surface area (Å²) in [4.78, 5) is 21.8. The molecule has 8 nitrogen and oxygen atoms in total. The van der Waals surface area contributed by atoms with E-state index in [-0.39, 0.29) is 23.8 Å². The summed E-state index contributed by atoms with van der Waals surface area (Å²) in [5.41, 5.74) is 3.42. The number of phenols is 1. The lowest BCUT2D eigenvalue weighted by Crippen LogP contribution is -2.25. The van der Waals surface area contributed by atoms with Gasteiger partial charge in [-0.25, -0.2) is 5.43 Å². The van der Waals surface area contributed by atoms with E-state index in [1.54, 1.807) is 31.2 Å². The van der Waals surface area contributed by atoms with Gasteiger partial charge in [-0.15, -0.1) is 0 Å². The van der Waals surface area contributed by atoms with Gasteiger partial charge in [0.05, 0.1) is 10.6 Å². The molecule has 0 saturated carbocycles. The third kappa shape index (κ3) is 4.54. The Morgan fingerprint density at radius 3 is 2.54 bits per heavy atom. The van der Waals surface area contributed by atoms with Gasteiger partial charge in [0.1, 0.15) is 0 Å². The first-order valence-corrected chi connectivity index (χ1v) is 6.96. The van der Waals surface area contributed by atoms with Crippen LogP contribution in [0.2, 0.25) is 0 Å². The van der Waals surface area contributed by atoms with Gasteiger partial charge in [0.2, 0.25) is 0 Å². The van der Waals surface area contributed by atoms with Crippen molar-refractivity contribution >= 4 is 17.3 Å². The predicted molar refractivity (Wildman–Crippen MR) is 87.1 cm³/mol. The molecule has 0 heterocycles. The van der Waals surface area contributed by atoms with E-state index >= 15 is 0 Å². The molecule has 0 spiro atoms. The molecule has 0 unspecified atom stereocenters. The quantitative estimate of drug-likeness (QED) is 0.479. The van der Waals surface area contributed by atoms with Crippen LogP contribution in [0, 0.1) is 10.1 Å². The Morgan fingerprint density at radius 2 is 1.92 bits per heavy atom. The van der Waals surface area contributed by atoms with Gasteiger partial charge in [-0.3, -0.25) is 14.9 Å². The molecule has 124 valence electrons. The third-order valence-corrected chi connectivity index (χ3v) is 3.07. The van der Waals surface area contributed by atoms with Crippen LogP contribution in [0.4, 0.5) is 5.69 Å². The van der Waals surface area contributed by atoms with E-state index in [1.807, 2.05) is 0 Å². The average Bonchev–Trinajstić information content (AvgIpc) is 2.59. The maximum absolute atomic E-state index is 11.7. The minimum absolute atomic E-state index is 0.0216. The number of carbonyl (C=O) groups excluding carboxylic acids is 1. The second-order valence-corrected chi connectivity index (χ2v) is 4.79. The van der Waals surface area contributed by atoms with Crippen molar-refractivity contribution in [1.82, 2.24) is 5.43 Å². The van der Waals surface area contributed by atoms with Crippen LogP contribution in [0.5, 0.6) is 11.5 Å². The van der Waals surface area contributed by atoms with E-state index < -0.39 is 10.8 Å². The molecule has 0 saturated heterocycles. The molecular weight excluding hydrogens is 314 g/mol. The number of nitrogens with one attached hydrogen (secondary N) is 1. The lowest BCUT2D eigenvalue weighted by Gasteiger charge is -2.07. The van der Waals surface area contributed by atoms with Gasteiger partial charge >= 0.3 is 0 Å². The summed E-state index contributed by atoms with van der Waals surface area (Å²) in [5, 5.41) is 24.0. The predicted octanol–water partition coefficient (Wildman–Crippen LogP) is 2.22. The molecule has 0 aliphatic heterocycles. The highest BCUT2D eigenvalue weighted by molar-refractivity contribution is 5.99. The summed E-state index contributed by atoms with van der Waals surface area (Å²) in [6.45, 7) is 1.35. The van der Waals surface area contributed by atoms with Gasteiger partial charge in [-0.2, -0.15) is 5.10 Å². The van der Waals surface area contributed by atoms with Gasteiger partial charge in [0.15, 0.2) is 18.1 Å². The number of carbonyl (C=O) groups is 1. The molecule has 0 radical (unpaired) electrons. The van der Waals surface area contributed by atoms with Gasteiger partial charge < -0.3 is 9.84 Å². The van der Waals surface area contributed by atoms with Crippen molar-refractivity contribution in [1.29, 1.82) is 0 Å². The molecule has 1 amide bonds. The Hall–Kier alpha value is -3.42. The lowest BCUT2D eigenvalue weighted by molar-refractivity contribution is -0.384. The maximum atomic E-state index is 11.7. The molecule has 2 rings (SSSR count). The fourth-order valence-corrected chi connectivity index (χ4v) is 1.79. The number of hydrazone groups is 1. The molecule has 8 heteroatoms. The Balaban J connectivity index is 1.90. The van der Waals surface area contributed by atoms with Crippen molar-refractivity contribution in [3.05, 3.63) is 64.2 Å². The van der Waals surface area contributed by atoms with Crippen LogP contribution in [-0.4, -0.2) is 28.3 Å². The second kappa shape index (κ2) is 7.73. The van der Waals surface area contributed by atoms with E-state index in [0.29, 0.717) is 11.3 Å². The summed E-state index contributed by atoms with van der Waals surface area (Å²) in [6.07, 6.45) is 0. The molecule has 0 bridgehead atoms. The van der Waals surface area contributed by atoms with Crippen LogP contribution in [-0.2, 0) is 4.79 Å². The van der Waals surface area contributed by atoms with Crippen LogP contribution >= 0.6 is 0 Å². The number of nitro benzene ring substituents is 1. The maximum Gasteiger partial charge on any atom is 0.277 e. The molecular formula is C16H15N3O5. The van der Waals surface area contributed by atoms with Crippen molar-refractivity contribution < 1.29 is 19.6 Å². The summed E-state index contributed by atoms with van der Waals surface area (Å²) < 4.78 is 5.17. The first-order chi connectivity index (χ1) is 11.5. The number of non-ortho nitro benzene ring substituents is 1. The highest BCUT2D eigenvalue weighted by atomic mass is 16.6. The summed E-state index contributed by atoms with van der Waals surface area (Å²) >= 11 is 0. The largest absolute Gasteiger partial charge is 0.504 e. The summed E-state index contributed by atoms with van der Waals surface area (Å²) in [6, 6.07) is 12.1. The number of aromatic hydroxyl groups is 1. The first-order valence-electron chi connectivity index (χ1n) is 6.96. The number of ether oxygens (including phenoxy) is 1. The van der Waals surface area contributed by atoms with E-state index in [2.05, 4.69) is 10.5 Å². The monoisotopic (exact) mass is 329 g/mol. The fourth-order valence-electron chi connectivity index (χ4n) is 1.79. The number of hydrogen-bond acceptors (Lipinski definition) is 6. The minimum atomic E-state index is -0.500. The van der Waals surface area contributed by atoms with Crippen molar-refractivity contribution in [3.8, 4) is 11.5 Å².